The van der Waals surface area contributed by atoms with Crippen LogP contribution in [-0.4, -0.2) is 53.7 Å². The van der Waals surface area contributed by atoms with E-state index in [2.05, 4.69) is 22.0 Å². The molecule has 1 fully saturated rings. The first-order valence-corrected chi connectivity index (χ1v) is 7.60. The molecule has 1 saturated heterocycles. The number of amides is 1. The molecule has 1 aliphatic heterocycles. The molecule has 0 aliphatic carbocycles. The molecule has 2 aromatic rings. The predicted molar refractivity (Wildman–Crippen MR) is 85.1 cm³/mol. The van der Waals surface area contributed by atoms with Gasteiger partial charge in [0.05, 0.1) is 6.61 Å². The number of rotatable bonds is 4. The zero-order chi connectivity index (χ0) is 16.2. The number of piperazine rings is 1. The van der Waals surface area contributed by atoms with Crippen LogP contribution in [0.3, 0.4) is 0 Å². The molecule has 2 heterocycles. The third-order valence-corrected chi connectivity index (χ3v) is 3.94. The maximum absolute atomic E-state index is 12.4. The lowest BCUT2D eigenvalue weighted by molar-refractivity contribution is 0.0740. The third-order valence-electron chi connectivity index (χ3n) is 3.94. The van der Waals surface area contributed by atoms with Crippen molar-refractivity contribution >= 4 is 11.6 Å². The van der Waals surface area contributed by atoms with E-state index in [-0.39, 0.29) is 24.1 Å². The van der Waals surface area contributed by atoms with Gasteiger partial charge in [0.1, 0.15) is 12.3 Å². The highest BCUT2D eigenvalue weighted by Crippen LogP contribution is 2.17. The summed E-state index contributed by atoms with van der Waals surface area (Å²) in [7, 11) is 0. The van der Waals surface area contributed by atoms with Crippen LogP contribution in [0.25, 0.3) is 0 Å². The number of carbonyl (C=O) groups excluding carboxylic acids is 1. The SMILES string of the molecule is NC(CO)c1nc(C(=O)N2CCN(c3ccccc3)CC2)co1. The molecule has 0 saturated carbocycles. The molecule has 1 aromatic heterocycles. The molecule has 0 radical (unpaired) electrons. The van der Waals surface area contributed by atoms with E-state index in [0.29, 0.717) is 13.1 Å². The number of benzene rings is 1. The second-order valence-corrected chi connectivity index (χ2v) is 5.47. The summed E-state index contributed by atoms with van der Waals surface area (Å²) in [4.78, 5) is 20.5. The van der Waals surface area contributed by atoms with E-state index in [0.717, 1.165) is 18.8 Å². The second kappa shape index (κ2) is 6.80. The number of aliphatic hydroxyl groups is 1. The van der Waals surface area contributed by atoms with Crippen LogP contribution in [0.15, 0.2) is 41.0 Å². The normalized spacial score (nSPS) is 16.4. The highest BCUT2D eigenvalue weighted by atomic mass is 16.3. The van der Waals surface area contributed by atoms with E-state index in [1.165, 1.54) is 6.26 Å². The van der Waals surface area contributed by atoms with Gasteiger partial charge in [0.15, 0.2) is 5.69 Å². The molecule has 3 rings (SSSR count). The van der Waals surface area contributed by atoms with Crippen molar-refractivity contribution in [2.45, 2.75) is 6.04 Å². The van der Waals surface area contributed by atoms with E-state index in [4.69, 9.17) is 15.3 Å². The van der Waals surface area contributed by atoms with Crippen molar-refractivity contribution in [1.29, 1.82) is 0 Å². The fourth-order valence-corrected chi connectivity index (χ4v) is 2.60. The van der Waals surface area contributed by atoms with Gasteiger partial charge < -0.3 is 25.1 Å². The van der Waals surface area contributed by atoms with Crippen molar-refractivity contribution in [1.82, 2.24) is 9.88 Å². The largest absolute Gasteiger partial charge is 0.446 e. The number of anilines is 1. The maximum atomic E-state index is 12.4. The summed E-state index contributed by atoms with van der Waals surface area (Å²) in [6.45, 7) is 2.53. The lowest BCUT2D eigenvalue weighted by atomic mass is 10.2. The van der Waals surface area contributed by atoms with Crippen LogP contribution in [0, 0.1) is 0 Å². The standard InChI is InChI=1S/C16H20N4O3/c17-13(10-21)15-18-14(11-23-15)16(22)20-8-6-19(7-9-20)12-4-2-1-3-5-12/h1-5,11,13,21H,6-10,17H2. The number of oxazole rings is 1. The number of aromatic nitrogens is 1. The second-order valence-electron chi connectivity index (χ2n) is 5.47. The quantitative estimate of drug-likeness (QED) is 0.859. The van der Waals surface area contributed by atoms with Gasteiger partial charge in [-0.25, -0.2) is 4.98 Å². The fraction of sp³-hybridized carbons (Fsp3) is 0.375. The molecule has 1 amide bonds. The Labute approximate surface area is 134 Å². The monoisotopic (exact) mass is 316 g/mol. The number of carbonyl (C=O) groups is 1. The summed E-state index contributed by atoms with van der Waals surface area (Å²) in [6.07, 6.45) is 1.30. The zero-order valence-corrected chi connectivity index (χ0v) is 12.8. The molecule has 1 atom stereocenters. The zero-order valence-electron chi connectivity index (χ0n) is 12.8. The Morgan fingerprint density at radius 2 is 1.96 bits per heavy atom. The Bertz CT molecular complexity index is 650. The highest BCUT2D eigenvalue weighted by molar-refractivity contribution is 5.92. The average molecular weight is 316 g/mol. The first-order valence-electron chi connectivity index (χ1n) is 7.60. The first-order chi connectivity index (χ1) is 11.2. The van der Waals surface area contributed by atoms with Crippen molar-refractivity contribution in [2.24, 2.45) is 5.73 Å². The predicted octanol–water partition coefficient (Wildman–Crippen LogP) is 0.629. The average Bonchev–Trinajstić information content (AvgIpc) is 3.11. The molecule has 7 heteroatoms. The van der Waals surface area contributed by atoms with Crippen LogP contribution in [0.2, 0.25) is 0 Å². The van der Waals surface area contributed by atoms with Crippen molar-refractivity contribution in [3.8, 4) is 0 Å². The minimum Gasteiger partial charge on any atom is -0.446 e. The number of nitrogens with two attached hydrogens (primary N) is 1. The molecular formula is C16H20N4O3. The van der Waals surface area contributed by atoms with Crippen LogP contribution in [-0.2, 0) is 0 Å². The van der Waals surface area contributed by atoms with Crippen LogP contribution >= 0.6 is 0 Å². The van der Waals surface area contributed by atoms with E-state index >= 15 is 0 Å². The van der Waals surface area contributed by atoms with Crippen LogP contribution in [0.5, 0.6) is 0 Å². The first kappa shape index (κ1) is 15.5. The van der Waals surface area contributed by atoms with Crippen LogP contribution < -0.4 is 10.6 Å². The fourth-order valence-electron chi connectivity index (χ4n) is 2.60. The number of hydrogen-bond donors (Lipinski definition) is 2. The minimum absolute atomic E-state index is 0.169. The summed E-state index contributed by atoms with van der Waals surface area (Å²) in [5, 5.41) is 9.00. The summed E-state index contributed by atoms with van der Waals surface area (Å²) in [5.74, 6) is 0.0108. The number of para-hydroxylation sites is 1. The van der Waals surface area contributed by atoms with Crippen LogP contribution in [0.1, 0.15) is 22.4 Å². The van der Waals surface area contributed by atoms with Gasteiger partial charge in [-0.05, 0) is 12.1 Å². The number of nitrogens with zero attached hydrogens (tertiary/aromatic N) is 3. The molecular weight excluding hydrogens is 296 g/mol. The van der Waals surface area contributed by atoms with Gasteiger partial charge in [-0.2, -0.15) is 0 Å². The topological polar surface area (TPSA) is 95.8 Å². The highest BCUT2D eigenvalue weighted by Gasteiger charge is 2.25. The molecule has 0 bridgehead atoms. The minimum atomic E-state index is -0.702. The smallest absolute Gasteiger partial charge is 0.275 e. The molecule has 1 aliphatic rings. The summed E-state index contributed by atoms with van der Waals surface area (Å²) in [5.41, 5.74) is 7.03. The van der Waals surface area contributed by atoms with Gasteiger partial charge in [-0.15, -0.1) is 0 Å². The lowest BCUT2D eigenvalue weighted by Gasteiger charge is -2.35. The van der Waals surface area contributed by atoms with Crippen molar-refractivity contribution < 1.29 is 14.3 Å². The van der Waals surface area contributed by atoms with Gasteiger partial charge in [0.2, 0.25) is 5.89 Å². The van der Waals surface area contributed by atoms with E-state index < -0.39 is 6.04 Å². The van der Waals surface area contributed by atoms with E-state index in [9.17, 15) is 4.79 Å². The van der Waals surface area contributed by atoms with Gasteiger partial charge >= 0.3 is 0 Å². The molecule has 3 N–H and O–H groups in total. The summed E-state index contributed by atoms with van der Waals surface area (Å²) >= 11 is 0. The number of aliphatic hydroxyl groups excluding tert-OH is 1. The maximum Gasteiger partial charge on any atom is 0.275 e. The molecule has 0 spiro atoms. The van der Waals surface area contributed by atoms with Crippen molar-refractivity contribution in [3.63, 3.8) is 0 Å². The van der Waals surface area contributed by atoms with Crippen molar-refractivity contribution in [3.05, 3.63) is 48.2 Å². The molecule has 122 valence electrons. The Morgan fingerprint density at radius 1 is 1.26 bits per heavy atom. The van der Waals surface area contributed by atoms with Gasteiger partial charge in [-0.1, -0.05) is 18.2 Å². The van der Waals surface area contributed by atoms with Crippen LogP contribution in [0.4, 0.5) is 5.69 Å². The van der Waals surface area contributed by atoms with Crippen molar-refractivity contribution in [2.75, 3.05) is 37.7 Å². The van der Waals surface area contributed by atoms with E-state index in [1.54, 1.807) is 4.90 Å². The van der Waals surface area contributed by atoms with Gasteiger partial charge in [0.25, 0.3) is 5.91 Å². The van der Waals surface area contributed by atoms with Gasteiger partial charge in [-0.3, -0.25) is 4.79 Å². The summed E-state index contributed by atoms with van der Waals surface area (Å²) < 4.78 is 5.17. The molecule has 23 heavy (non-hydrogen) atoms. The Balaban J connectivity index is 1.61. The Morgan fingerprint density at radius 3 is 2.61 bits per heavy atom. The number of hydrogen-bond acceptors (Lipinski definition) is 6. The third kappa shape index (κ3) is 3.35. The van der Waals surface area contributed by atoms with E-state index in [1.807, 2.05) is 18.2 Å². The molecule has 1 unspecified atom stereocenters. The Kier molecular flexibility index (Phi) is 4.59. The van der Waals surface area contributed by atoms with Gasteiger partial charge in [0, 0.05) is 31.9 Å². The molecule has 7 nitrogen and oxygen atoms in total. The molecule has 1 aromatic carbocycles. The lowest BCUT2D eigenvalue weighted by Crippen LogP contribution is -2.48. The summed E-state index contributed by atoms with van der Waals surface area (Å²) in [6, 6.07) is 9.44. The Hall–Kier alpha value is -2.38.